The van der Waals surface area contributed by atoms with Crippen LogP contribution >= 0.6 is 0 Å². The Bertz CT molecular complexity index is 662. The summed E-state index contributed by atoms with van der Waals surface area (Å²) in [6, 6.07) is 10.2. The molecule has 0 aliphatic rings. The highest BCUT2D eigenvalue weighted by molar-refractivity contribution is 6.11. The van der Waals surface area contributed by atoms with E-state index in [0.717, 1.165) is 24.0 Å². The Balaban J connectivity index is 2.59. The van der Waals surface area contributed by atoms with Gasteiger partial charge in [0.2, 0.25) is 0 Å². The van der Waals surface area contributed by atoms with E-state index in [9.17, 15) is 9.18 Å². The molecule has 110 valence electrons. The summed E-state index contributed by atoms with van der Waals surface area (Å²) in [6.45, 7) is 4.01. The predicted molar refractivity (Wildman–Crippen MR) is 81.6 cm³/mol. The normalized spacial score (nSPS) is 10.5. The quantitative estimate of drug-likeness (QED) is 0.770. The molecule has 0 radical (unpaired) electrons. The van der Waals surface area contributed by atoms with E-state index < -0.39 is 5.82 Å². The summed E-state index contributed by atoms with van der Waals surface area (Å²) in [4.78, 5) is 12.8. The van der Waals surface area contributed by atoms with Crippen LogP contribution in [0.3, 0.4) is 0 Å². The highest BCUT2D eigenvalue weighted by Crippen LogP contribution is 2.26. The average Bonchev–Trinajstić information content (AvgIpc) is 2.53. The molecule has 0 amide bonds. The van der Waals surface area contributed by atoms with Gasteiger partial charge < -0.3 is 4.74 Å². The van der Waals surface area contributed by atoms with Crippen LogP contribution in [-0.2, 0) is 12.8 Å². The van der Waals surface area contributed by atoms with Crippen LogP contribution in [0.25, 0.3) is 0 Å². The van der Waals surface area contributed by atoms with Crippen LogP contribution in [-0.4, -0.2) is 12.9 Å². The van der Waals surface area contributed by atoms with Crippen molar-refractivity contribution in [2.45, 2.75) is 26.7 Å². The summed E-state index contributed by atoms with van der Waals surface area (Å²) < 4.78 is 19.2. The summed E-state index contributed by atoms with van der Waals surface area (Å²) in [7, 11) is 1.44. The smallest absolute Gasteiger partial charge is 0.200 e. The molecule has 2 aromatic carbocycles. The number of carbonyl (C=O) groups is 1. The second-order valence-corrected chi connectivity index (χ2v) is 4.84. The summed E-state index contributed by atoms with van der Waals surface area (Å²) in [5, 5.41) is 0. The minimum atomic E-state index is -0.552. The number of halogens is 1. The zero-order chi connectivity index (χ0) is 15.4. The number of methoxy groups -OCH3 is 1. The van der Waals surface area contributed by atoms with Crippen molar-refractivity contribution >= 4 is 5.78 Å². The van der Waals surface area contributed by atoms with Crippen molar-refractivity contribution in [3.63, 3.8) is 0 Å². The van der Waals surface area contributed by atoms with Gasteiger partial charge in [-0.1, -0.05) is 32.0 Å². The van der Waals surface area contributed by atoms with Crippen LogP contribution in [0.15, 0.2) is 36.4 Å². The first-order valence-corrected chi connectivity index (χ1v) is 7.11. The summed E-state index contributed by atoms with van der Waals surface area (Å²) in [5.74, 6) is -0.607. The van der Waals surface area contributed by atoms with Gasteiger partial charge in [-0.3, -0.25) is 4.79 Å². The Morgan fingerprint density at radius 3 is 2.52 bits per heavy atom. The fourth-order valence-electron chi connectivity index (χ4n) is 2.39. The van der Waals surface area contributed by atoms with E-state index >= 15 is 0 Å². The summed E-state index contributed by atoms with van der Waals surface area (Å²) >= 11 is 0. The van der Waals surface area contributed by atoms with E-state index in [4.69, 9.17) is 4.74 Å². The molecule has 21 heavy (non-hydrogen) atoms. The van der Waals surface area contributed by atoms with Crippen molar-refractivity contribution < 1.29 is 13.9 Å². The molecule has 0 saturated heterocycles. The first-order valence-electron chi connectivity index (χ1n) is 7.11. The van der Waals surface area contributed by atoms with Crippen LogP contribution < -0.4 is 4.74 Å². The molecule has 0 aliphatic carbocycles. The van der Waals surface area contributed by atoms with Crippen molar-refractivity contribution in [3.05, 3.63) is 64.5 Å². The van der Waals surface area contributed by atoms with Crippen molar-refractivity contribution in [2.24, 2.45) is 0 Å². The third-order valence-electron chi connectivity index (χ3n) is 3.63. The van der Waals surface area contributed by atoms with Crippen molar-refractivity contribution in [1.29, 1.82) is 0 Å². The van der Waals surface area contributed by atoms with E-state index in [-0.39, 0.29) is 17.1 Å². The van der Waals surface area contributed by atoms with Gasteiger partial charge in [0.25, 0.3) is 0 Å². The molecule has 0 saturated carbocycles. The number of ketones is 1. The molecule has 2 aromatic rings. The Kier molecular flexibility index (Phi) is 4.73. The van der Waals surface area contributed by atoms with Crippen LogP contribution in [0.1, 0.15) is 40.9 Å². The fraction of sp³-hybridized carbons (Fsp3) is 0.278. The monoisotopic (exact) mass is 286 g/mol. The highest BCUT2D eigenvalue weighted by atomic mass is 19.1. The van der Waals surface area contributed by atoms with Crippen molar-refractivity contribution in [2.75, 3.05) is 7.11 Å². The van der Waals surface area contributed by atoms with E-state index in [1.165, 1.54) is 19.2 Å². The lowest BCUT2D eigenvalue weighted by molar-refractivity contribution is 0.103. The van der Waals surface area contributed by atoms with E-state index in [2.05, 4.69) is 0 Å². The van der Waals surface area contributed by atoms with Gasteiger partial charge in [-0.25, -0.2) is 4.39 Å². The van der Waals surface area contributed by atoms with Gasteiger partial charge in [0, 0.05) is 5.56 Å². The number of carbonyl (C=O) groups excluding carboxylic acids is 1. The Morgan fingerprint density at radius 2 is 1.90 bits per heavy atom. The summed E-state index contributed by atoms with van der Waals surface area (Å²) in [5.41, 5.74) is 2.54. The van der Waals surface area contributed by atoms with Gasteiger partial charge in [-0.2, -0.15) is 0 Å². The van der Waals surface area contributed by atoms with Gasteiger partial charge in [-0.05, 0) is 42.2 Å². The Morgan fingerprint density at radius 1 is 1.14 bits per heavy atom. The average molecular weight is 286 g/mol. The zero-order valence-electron chi connectivity index (χ0n) is 12.6. The number of rotatable bonds is 5. The molecule has 0 heterocycles. The molecular formula is C18H19FO2. The molecular weight excluding hydrogens is 267 g/mol. The minimum absolute atomic E-state index is 0.00273. The Hall–Kier alpha value is -2.16. The summed E-state index contributed by atoms with van der Waals surface area (Å²) in [6.07, 6.45) is 1.56. The van der Waals surface area contributed by atoms with Crippen LogP contribution in [0.5, 0.6) is 5.75 Å². The number of hydrogen-bond donors (Lipinski definition) is 0. The van der Waals surface area contributed by atoms with Crippen molar-refractivity contribution in [1.82, 2.24) is 0 Å². The second-order valence-electron chi connectivity index (χ2n) is 4.84. The Labute approximate surface area is 124 Å². The second kappa shape index (κ2) is 6.53. The first-order chi connectivity index (χ1) is 10.1. The molecule has 0 aliphatic heterocycles. The number of hydrogen-bond acceptors (Lipinski definition) is 2. The number of aryl methyl sites for hydroxylation is 2. The largest absolute Gasteiger partial charge is 0.496 e. The third-order valence-corrected chi connectivity index (χ3v) is 3.63. The molecule has 0 spiro atoms. The maximum absolute atomic E-state index is 14.1. The van der Waals surface area contributed by atoms with Crippen LogP contribution in [0.2, 0.25) is 0 Å². The molecule has 2 nitrogen and oxygen atoms in total. The van der Waals surface area contributed by atoms with Gasteiger partial charge >= 0.3 is 0 Å². The maximum atomic E-state index is 14.1. The molecule has 0 atom stereocenters. The van der Waals surface area contributed by atoms with Gasteiger partial charge in [0.05, 0.1) is 7.11 Å². The molecule has 3 heteroatoms. The third kappa shape index (κ3) is 2.97. The topological polar surface area (TPSA) is 26.3 Å². The molecule has 0 fully saturated rings. The molecule has 0 N–H and O–H groups in total. The lowest BCUT2D eigenvalue weighted by Crippen LogP contribution is -2.10. The zero-order valence-corrected chi connectivity index (χ0v) is 12.6. The SMILES string of the molecule is CCc1ccc(CC)c(C(=O)c2c(F)cccc2OC)c1. The fourth-order valence-corrected chi connectivity index (χ4v) is 2.39. The predicted octanol–water partition coefficient (Wildman–Crippen LogP) is 4.19. The highest BCUT2D eigenvalue weighted by Gasteiger charge is 2.21. The maximum Gasteiger partial charge on any atom is 0.200 e. The molecule has 0 aromatic heterocycles. The molecule has 2 rings (SSSR count). The van der Waals surface area contributed by atoms with Crippen LogP contribution in [0.4, 0.5) is 4.39 Å². The van der Waals surface area contributed by atoms with E-state index in [1.54, 1.807) is 6.07 Å². The van der Waals surface area contributed by atoms with Gasteiger partial charge in [0.1, 0.15) is 17.1 Å². The molecule has 0 bridgehead atoms. The molecule has 0 unspecified atom stereocenters. The minimum Gasteiger partial charge on any atom is -0.496 e. The van der Waals surface area contributed by atoms with Gasteiger partial charge in [-0.15, -0.1) is 0 Å². The first kappa shape index (κ1) is 15.2. The van der Waals surface area contributed by atoms with Gasteiger partial charge in [0.15, 0.2) is 5.78 Å². The van der Waals surface area contributed by atoms with E-state index in [0.29, 0.717) is 5.56 Å². The lowest BCUT2D eigenvalue weighted by Gasteiger charge is -2.12. The van der Waals surface area contributed by atoms with Crippen LogP contribution in [0, 0.1) is 5.82 Å². The van der Waals surface area contributed by atoms with E-state index in [1.807, 2.05) is 32.0 Å². The lowest BCUT2D eigenvalue weighted by atomic mass is 9.93. The van der Waals surface area contributed by atoms with Crippen molar-refractivity contribution in [3.8, 4) is 5.75 Å². The number of benzene rings is 2. The number of ether oxygens (including phenoxy) is 1. The standard InChI is InChI=1S/C18H19FO2/c1-4-12-9-10-13(5-2)14(11-12)18(20)17-15(19)7-6-8-16(17)21-3/h6-11H,4-5H2,1-3H3.